The smallest absolute Gasteiger partial charge is 0.273 e. The molecular formula is C35H39N11O4. The second kappa shape index (κ2) is 12.8. The second-order valence-electron chi connectivity index (χ2n) is 13.5. The molecule has 1 aliphatic carbocycles. The lowest BCUT2D eigenvalue weighted by Gasteiger charge is -2.40. The molecule has 4 aliphatic rings. The molecule has 1 atom stereocenters. The standard InChI is InChI=1S/C35H39N11O4/c1-36-34(49)31-28(13-30(41-42-31)40-33(48)20-9-10-20)39-26-7-4-6-24-25-14-37-46(29(25)19-43(2)32(24)26)22-16-44(17-22)15-21-5-3-8-27(38-21)35(50)45-12-11-23(47)18-45/h3-8,13-14,20,22-23,47H,9-12,15-19H2,1-2H3,(H,36,49)(H2,39,40,41,48). The van der Waals surface area contributed by atoms with Crippen molar-refractivity contribution in [3.8, 4) is 11.1 Å². The molecule has 15 heteroatoms. The zero-order valence-electron chi connectivity index (χ0n) is 28.0. The van der Waals surface area contributed by atoms with Crippen molar-refractivity contribution in [3.05, 3.63) is 71.4 Å². The van der Waals surface area contributed by atoms with Crippen molar-refractivity contribution in [2.75, 3.05) is 55.8 Å². The van der Waals surface area contributed by atoms with Crippen molar-refractivity contribution < 1.29 is 19.5 Å². The van der Waals surface area contributed by atoms with Gasteiger partial charge in [-0.15, -0.1) is 10.2 Å². The van der Waals surface area contributed by atoms with Crippen molar-refractivity contribution in [2.45, 2.75) is 44.5 Å². The number of pyridine rings is 1. The normalized spacial score (nSPS) is 18.7. The van der Waals surface area contributed by atoms with Crippen LogP contribution in [-0.4, -0.2) is 104 Å². The summed E-state index contributed by atoms with van der Waals surface area (Å²) in [6.45, 7) is 3.79. The van der Waals surface area contributed by atoms with Crippen LogP contribution in [0.3, 0.4) is 0 Å². The first-order chi connectivity index (χ1) is 24.2. The lowest BCUT2D eigenvalue weighted by Crippen LogP contribution is -2.48. The summed E-state index contributed by atoms with van der Waals surface area (Å²) < 4.78 is 2.13. The number of β-amino-alcohol motifs (C(OH)–C–C–N with tert-alkyl or cyclic N) is 1. The Bertz CT molecular complexity index is 1990. The van der Waals surface area contributed by atoms with Gasteiger partial charge in [0.1, 0.15) is 5.69 Å². The molecule has 2 saturated heterocycles. The van der Waals surface area contributed by atoms with Crippen molar-refractivity contribution in [1.82, 2.24) is 40.1 Å². The summed E-state index contributed by atoms with van der Waals surface area (Å²) in [6, 6.07) is 13.4. The molecule has 0 spiro atoms. The van der Waals surface area contributed by atoms with E-state index in [9.17, 15) is 19.5 Å². The predicted octanol–water partition coefficient (Wildman–Crippen LogP) is 2.40. The fourth-order valence-electron chi connectivity index (χ4n) is 7.05. The minimum absolute atomic E-state index is 0.00232. The molecule has 3 fully saturated rings. The van der Waals surface area contributed by atoms with Gasteiger partial charge in [-0.1, -0.05) is 18.2 Å². The number of aliphatic hydroxyl groups is 1. The number of para-hydroxylation sites is 1. The number of hydrogen-bond donors (Lipinski definition) is 4. The summed E-state index contributed by atoms with van der Waals surface area (Å²) in [7, 11) is 3.57. The lowest BCUT2D eigenvalue weighted by atomic mass is 9.97. The highest BCUT2D eigenvalue weighted by molar-refractivity contribution is 6.01. The van der Waals surface area contributed by atoms with Crippen LogP contribution in [0.1, 0.15) is 57.7 Å². The molecule has 6 heterocycles. The second-order valence-corrected chi connectivity index (χ2v) is 13.5. The molecule has 0 bridgehead atoms. The number of aromatic nitrogens is 5. The Balaban J connectivity index is 0.983. The number of nitrogens with zero attached hydrogens (tertiary/aromatic N) is 8. The molecule has 1 aromatic carbocycles. The summed E-state index contributed by atoms with van der Waals surface area (Å²) >= 11 is 0. The van der Waals surface area contributed by atoms with Crippen molar-refractivity contribution in [2.24, 2.45) is 5.92 Å². The van der Waals surface area contributed by atoms with Gasteiger partial charge < -0.3 is 30.9 Å². The number of hydrogen-bond acceptors (Lipinski definition) is 11. The number of carbonyl (C=O) groups excluding carboxylic acids is 3. The first-order valence-electron chi connectivity index (χ1n) is 17.0. The van der Waals surface area contributed by atoms with Crippen LogP contribution in [-0.2, 0) is 17.9 Å². The summed E-state index contributed by atoms with van der Waals surface area (Å²) in [6.07, 6.45) is 3.79. The van der Waals surface area contributed by atoms with E-state index in [1.54, 1.807) is 17.0 Å². The number of anilines is 4. The van der Waals surface area contributed by atoms with Crippen LogP contribution in [0.2, 0.25) is 0 Å². The fraction of sp³-hybridized carbons (Fsp3) is 0.400. The first-order valence-corrected chi connectivity index (χ1v) is 17.0. The van der Waals surface area contributed by atoms with E-state index in [4.69, 9.17) is 5.10 Å². The van der Waals surface area contributed by atoms with Crippen molar-refractivity contribution in [1.29, 1.82) is 0 Å². The SMILES string of the molecule is CNC(=O)c1nnc(NC(=O)C2CC2)cc1Nc1cccc2c1N(C)Cc1c-2cnn1C1CN(Cc2cccc(C(=O)N3CCC(O)C3)n2)C1. The summed E-state index contributed by atoms with van der Waals surface area (Å²) in [4.78, 5) is 48.8. The average Bonchev–Trinajstić information content (AvgIpc) is 3.75. The third kappa shape index (κ3) is 6.02. The van der Waals surface area contributed by atoms with Gasteiger partial charge in [0.05, 0.1) is 53.3 Å². The Kier molecular flexibility index (Phi) is 8.15. The zero-order chi connectivity index (χ0) is 34.5. The molecule has 0 radical (unpaired) electrons. The Morgan fingerprint density at radius 1 is 0.980 bits per heavy atom. The Labute approximate surface area is 288 Å². The lowest BCUT2D eigenvalue weighted by molar-refractivity contribution is -0.117. The van der Waals surface area contributed by atoms with Gasteiger partial charge >= 0.3 is 0 Å². The Morgan fingerprint density at radius 2 is 1.80 bits per heavy atom. The van der Waals surface area contributed by atoms with E-state index in [0.29, 0.717) is 44.0 Å². The number of carbonyl (C=O) groups is 3. The fourth-order valence-corrected chi connectivity index (χ4v) is 7.05. The molecule has 1 unspecified atom stereocenters. The van der Waals surface area contributed by atoms with Gasteiger partial charge in [-0.05, 0) is 37.5 Å². The molecule has 4 aromatic rings. The monoisotopic (exact) mass is 677 g/mol. The van der Waals surface area contributed by atoms with Gasteiger partial charge in [0.15, 0.2) is 11.5 Å². The maximum atomic E-state index is 12.9. The first kappa shape index (κ1) is 31.8. The minimum atomic E-state index is -0.463. The number of fused-ring (bicyclic) bond motifs is 3. The van der Waals surface area contributed by atoms with Gasteiger partial charge in [0.25, 0.3) is 11.8 Å². The molecular weight excluding hydrogens is 638 g/mol. The van der Waals surface area contributed by atoms with Gasteiger partial charge in [-0.25, -0.2) is 4.98 Å². The van der Waals surface area contributed by atoms with Gasteiger partial charge in [-0.3, -0.25) is 24.0 Å². The van der Waals surface area contributed by atoms with Gasteiger partial charge in [0.2, 0.25) is 5.91 Å². The summed E-state index contributed by atoms with van der Waals surface area (Å²) in [5.74, 6) is -0.333. The third-order valence-electron chi connectivity index (χ3n) is 9.84. The van der Waals surface area contributed by atoms with E-state index in [0.717, 1.165) is 59.8 Å². The highest BCUT2D eigenvalue weighted by atomic mass is 16.3. The van der Waals surface area contributed by atoms with Crippen LogP contribution in [0.15, 0.2) is 48.7 Å². The van der Waals surface area contributed by atoms with Crippen LogP contribution in [0.4, 0.5) is 22.9 Å². The van der Waals surface area contributed by atoms with Crippen LogP contribution in [0.5, 0.6) is 0 Å². The molecule has 258 valence electrons. The largest absolute Gasteiger partial charge is 0.391 e. The summed E-state index contributed by atoms with van der Waals surface area (Å²) in [5, 5.41) is 31.8. The van der Waals surface area contributed by atoms with E-state index < -0.39 is 12.0 Å². The topological polar surface area (TPSA) is 174 Å². The molecule has 3 aliphatic heterocycles. The van der Waals surface area contributed by atoms with Crippen molar-refractivity contribution >= 4 is 40.6 Å². The van der Waals surface area contributed by atoms with Crippen molar-refractivity contribution in [3.63, 3.8) is 0 Å². The Hall–Kier alpha value is -5.41. The number of benzene rings is 1. The molecule has 3 amide bonds. The van der Waals surface area contributed by atoms with Crippen LogP contribution in [0.25, 0.3) is 11.1 Å². The number of amides is 3. The van der Waals surface area contributed by atoms with E-state index in [1.165, 1.54) is 7.05 Å². The van der Waals surface area contributed by atoms with Crippen LogP contribution in [0, 0.1) is 5.92 Å². The highest BCUT2D eigenvalue weighted by Gasteiger charge is 2.35. The van der Waals surface area contributed by atoms with E-state index in [2.05, 4.69) is 51.7 Å². The van der Waals surface area contributed by atoms with E-state index in [1.807, 2.05) is 37.5 Å². The maximum Gasteiger partial charge on any atom is 0.273 e. The molecule has 50 heavy (non-hydrogen) atoms. The number of aliphatic hydroxyl groups excluding tert-OH is 1. The number of likely N-dealkylation sites (tertiary alicyclic amines) is 2. The number of nitrogens with one attached hydrogen (secondary N) is 3. The quantitative estimate of drug-likeness (QED) is 0.205. The van der Waals surface area contributed by atoms with Crippen LogP contribution < -0.4 is 20.9 Å². The predicted molar refractivity (Wildman–Crippen MR) is 185 cm³/mol. The molecule has 15 nitrogen and oxygen atoms in total. The third-order valence-corrected chi connectivity index (χ3v) is 9.84. The molecule has 4 N–H and O–H groups in total. The summed E-state index contributed by atoms with van der Waals surface area (Å²) in [5.41, 5.74) is 6.75. The maximum absolute atomic E-state index is 12.9. The van der Waals surface area contributed by atoms with E-state index in [-0.39, 0.29) is 35.3 Å². The minimum Gasteiger partial charge on any atom is -0.391 e. The van der Waals surface area contributed by atoms with Gasteiger partial charge in [0, 0.05) is 69.9 Å². The van der Waals surface area contributed by atoms with Gasteiger partial charge in [-0.2, -0.15) is 5.10 Å². The average molecular weight is 678 g/mol. The van der Waals surface area contributed by atoms with Crippen LogP contribution >= 0.6 is 0 Å². The molecule has 3 aromatic heterocycles. The Morgan fingerprint density at radius 3 is 2.56 bits per heavy atom. The number of rotatable bonds is 9. The molecule has 1 saturated carbocycles. The highest BCUT2D eigenvalue weighted by Crippen LogP contribution is 2.45. The zero-order valence-corrected chi connectivity index (χ0v) is 28.0. The molecule has 8 rings (SSSR count). The van der Waals surface area contributed by atoms with E-state index >= 15 is 0 Å².